The maximum Gasteiger partial charge on any atom is 0.387 e. The van der Waals surface area contributed by atoms with Gasteiger partial charge in [0.2, 0.25) is 5.91 Å². The average Bonchev–Trinajstić information content (AvgIpc) is 2.30. The molecule has 1 atom stereocenters. The maximum atomic E-state index is 12.2. The Balaban J connectivity index is 2.97. The molecule has 0 aromatic heterocycles. The number of hydrogen-bond acceptors (Lipinski definition) is 4. The monoisotopic (exact) mass is 274 g/mol. The van der Waals surface area contributed by atoms with Crippen LogP contribution in [-0.4, -0.2) is 19.1 Å². The first-order chi connectivity index (χ1) is 8.93. The highest BCUT2D eigenvalue weighted by atomic mass is 19.3. The quantitative estimate of drug-likeness (QED) is 0.789. The van der Waals surface area contributed by atoms with E-state index in [1.807, 2.05) is 0 Å². The van der Waals surface area contributed by atoms with Crippen LogP contribution in [0.4, 0.5) is 8.78 Å². The zero-order chi connectivity index (χ0) is 14.4. The molecule has 0 saturated heterocycles. The van der Waals surface area contributed by atoms with Crippen LogP contribution in [0.15, 0.2) is 18.2 Å². The molecule has 1 aromatic rings. The van der Waals surface area contributed by atoms with Gasteiger partial charge in [0.25, 0.3) is 0 Å². The summed E-state index contributed by atoms with van der Waals surface area (Å²) in [5, 5.41) is 0. The van der Waals surface area contributed by atoms with E-state index in [0.717, 1.165) is 0 Å². The van der Waals surface area contributed by atoms with Crippen molar-refractivity contribution in [1.82, 2.24) is 0 Å². The minimum Gasteiger partial charge on any atom is -0.490 e. The number of primary amides is 1. The molecule has 1 amide bonds. The second-order valence-corrected chi connectivity index (χ2v) is 3.79. The van der Waals surface area contributed by atoms with Crippen molar-refractivity contribution in [2.24, 2.45) is 11.5 Å². The van der Waals surface area contributed by atoms with Gasteiger partial charge in [-0.05, 0) is 24.6 Å². The molecule has 0 fully saturated rings. The van der Waals surface area contributed by atoms with Gasteiger partial charge >= 0.3 is 6.61 Å². The predicted molar refractivity (Wildman–Crippen MR) is 65.0 cm³/mol. The van der Waals surface area contributed by atoms with Crippen LogP contribution in [0.25, 0.3) is 0 Å². The van der Waals surface area contributed by atoms with Crippen LogP contribution in [0.1, 0.15) is 24.9 Å². The van der Waals surface area contributed by atoms with Crippen molar-refractivity contribution in [2.45, 2.75) is 26.0 Å². The molecular weight excluding hydrogens is 258 g/mol. The number of nitrogens with two attached hydrogens (primary N) is 2. The van der Waals surface area contributed by atoms with Crippen molar-refractivity contribution in [3.8, 4) is 11.5 Å². The molecular formula is C12H16F2N2O3. The predicted octanol–water partition coefficient (Wildman–Crippen LogP) is 1.56. The molecule has 1 aromatic carbocycles. The maximum absolute atomic E-state index is 12.2. The number of halogens is 2. The SMILES string of the molecule is CCOc1cc([C@H](N)CC(N)=O)ccc1OC(F)F. The minimum absolute atomic E-state index is 0.0411. The van der Waals surface area contributed by atoms with Gasteiger partial charge in [0, 0.05) is 12.5 Å². The molecule has 5 nitrogen and oxygen atoms in total. The summed E-state index contributed by atoms with van der Waals surface area (Å²) in [5.41, 5.74) is 11.4. The lowest BCUT2D eigenvalue weighted by Gasteiger charge is -2.15. The number of carbonyl (C=O) groups excluding carboxylic acids is 1. The third-order valence-electron chi connectivity index (χ3n) is 2.33. The van der Waals surface area contributed by atoms with E-state index in [2.05, 4.69) is 4.74 Å². The number of benzene rings is 1. The van der Waals surface area contributed by atoms with Crippen molar-refractivity contribution in [1.29, 1.82) is 0 Å². The first kappa shape index (κ1) is 15.2. The van der Waals surface area contributed by atoms with Crippen LogP contribution >= 0.6 is 0 Å². The molecule has 106 valence electrons. The van der Waals surface area contributed by atoms with E-state index in [1.54, 1.807) is 6.92 Å². The van der Waals surface area contributed by atoms with Gasteiger partial charge in [-0.15, -0.1) is 0 Å². The number of amides is 1. The second-order valence-electron chi connectivity index (χ2n) is 3.79. The van der Waals surface area contributed by atoms with Crippen molar-refractivity contribution in [2.75, 3.05) is 6.61 Å². The zero-order valence-corrected chi connectivity index (χ0v) is 10.4. The Morgan fingerprint density at radius 2 is 2.05 bits per heavy atom. The minimum atomic E-state index is -2.94. The second kappa shape index (κ2) is 6.89. The fraction of sp³-hybridized carbons (Fsp3) is 0.417. The van der Waals surface area contributed by atoms with E-state index in [1.165, 1.54) is 18.2 Å². The summed E-state index contributed by atoms with van der Waals surface area (Å²) < 4.78 is 33.9. The third-order valence-corrected chi connectivity index (χ3v) is 2.33. The molecule has 0 spiro atoms. The Kier molecular flexibility index (Phi) is 5.50. The molecule has 0 unspecified atom stereocenters. The summed E-state index contributed by atoms with van der Waals surface area (Å²) in [6, 6.07) is 3.67. The smallest absolute Gasteiger partial charge is 0.387 e. The highest BCUT2D eigenvalue weighted by Gasteiger charge is 2.15. The van der Waals surface area contributed by atoms with Crippen molar-refractivity contribution in [3.63, 3.8) is 0 Å². The summed E-state index contributed by atoms with van der Waals surface area (Å²) >= 11 is 0. The van der Waals surface area contributed by atoms with Crippen molar-refractivity contribution < 1.29 is 23.0 Å². The highest BCUT2D eigenvalue weighted by molar-refractivity contribution is 5.74. The lowest BCUT2D eigenvalue weighted by molar-refractivity contribution is -0.118. The van der Waals surface area contributed by atoms with Gasteiger partial charge in [-0.2, -0.15) is 8.78 Å². The average molecular weight is 274 g/mol. The van der Waals surface area contributed by atoms with Gasteiger partial charge in [-0.3, -0.25) is 4.79 Å². The van der Waals surface area contributed by atoms with Gasteiger partial charge in [0.05, 0.1) is 6.61 Å². The van der Waals surface area contributed by atoms with Crippen LogP contribution in [0.5, 0.6) is 11.5 Å². The van der Waals surface area contributed by atoms with Crippen LogP contribution in [-0.2, 0) is 4.79 Å². The number of alkyl halides is 2. The molecule has 0 aliphatic rings. The van der Waals surface area contributed by atoms with Gasteiger partial charge < -0.3 is 20.9 Å². The number of rotatable bonds is 7. The van der Waals surface area contributed by atoms with E-state index >= 15 is 0 Å². The fourth-order valence-corrected chi connectivity index (χ4v) is 1.55. The third kappa shape index (κ3) is 4.70. The standard InChI is InChI=1S/C12H16F2N2O3/c1-2-18-10-5-7(8(15)6-11(16)17)3-4-9(10)19-12(13)14/h3-5,8,12H,2,6,15H2,1H3,(H2,16,17)/t8-/m1/s1. The molecule has 0 heterocycles. The molecule has 7 heteroatoms. The Bertz CT molecular complexity index is 441. The Morgan fingerprint density at radius 3 is 2.58 bits per heavy atom. The van der Waals surface area contributed by atoms with Crippen LogP contribution in [0, 0.1) is 0 Å². The Morgan fingerprint density at radius 1 is 1.37 bits per heavy atom. The molecule has 19 heavy (non-hydrogen) atoms. The number of hydrogen-bond donors (Lipinski definition) is 2. The molecule has 0 aliphatic heterocycles. The van der Waals surface area contributed by atoms with Crippen LogP contribution in [0.3, 0.4) is 0 Å². The van der Waals surface area contributed by atoms with Crippen LogP contribution < -0.4 is 20.9 Å². The van der Waals surface area contributed by atoms with E-state index in [9.17, 15) is 13.6 Å². The normalized spacial score (nSPS) is 12.3. The van der Waals surface area contributed by atoms with E-state index in [-0.39, 0.29) is 24.5 Å². The van der Waals surface area contributed by atoms with Gasteiger partial charge in [0.15, 0.2) is 11.5 Å². The lowest BCUT2D eigenvalue weighted by atomic mass is 10.0. The topological polar surface area (TPSA) is 87.6 Å². The summed E-state index contributed by atoms with van der Waals surface area (Å²) in [6.07, 6.45) is -0.0411. The molecule has 4 N–H and O–H groups in total. The Labute approximate surface area is 109 Å². The summed E-state index contributed by atoms with van der Waals surface area (Å²) in [4.78, 5) is 10.8. The summed E-state index contributed by atoms with van der Waals surface area (Å²) in [6.45, 7) is -0.944. The molecule has 0 aliphatic carbocycles. The van der Waals surface area contributed by atoms with E-state index < -0.39 is 18.6 Å². The molecule has 1 rings (SSSR count). The molecule has 0 bridgehead atoms. The van der Waals surface area contributed by atoms with Crippen molar-refractivity contribution >= 4 is 5.91 Å². The van der Waals surface area contributed by atoms with Gasteiger partial charge in [-0.25, -0.2) is 0 Å². The van der Waals surface area contributed by atoms with Gasteiger partial charge in [0.1, 0.15) is 0 Å². The van der Waals surface area contributed by atoms with E-state index in [0.29, 0.717) is 5.56 Å². The molecule has 0 radical (unpaired) electrons. The highest BCUT2D eigenvalue weighted by Crippen LogP contribution is 2.31. The summed E-state index contributed by atoms with van der Waals surface area (Å²) in [7, 11) is 0. The first-order valence-electron chi connectivity index (χ1n) is 5.69. The lowest BCUT2D eigenvalue weighted by Crippen LogP contribution is -2.20. The number of ether oxygens (including phenoxy) is 2. The van der Waals surface area contributed by atoms with Crippen molar-refractivity contribution in [3.05, 3.63) is 23.8 Å². The van der Waals surface area contributed by atoms with E-state index in [4.69, 9.17) is 16.2 Å². The largest absolute Gasteiger partial charge is 0.490 e. The van der Waals surface area contributed by atoms with Crippen LogP contribution in [0.2, 0.25) is 0 Å². The van der Waals surface area contributed by atoms with Gasteiger partial charge in [-0.1, -0.05) is 6.07 Å². The zero-order valence-electron chi connectivity index (χ0n) is 10.4. The first-order valence-corrected chi connectivity index (χ1v) is 5.69. The summed E-state index contributed by atoms with van der Waals surface area (Å²) in [5.74, 6) is -0.467. The Hall–Kier alpha value is -1.89. The number of carbonyl (C=O) groups is 1. The molecule has 0 saturated carbocycles. The fourth-order valence-electron chi connectivity index (χ4n) is 1.55.